The molecule has 4 rings (SSSR count). The summed E-state index contributed by atoms with van der Waals surface area (Å²) in [7, 11) is 0. The molecule has 1 aromatic rings. The van der Waals surface area contributed by atoms with E-state index in [1.807, 2.05) is 11.8 Å². The maximum absolute atomic E-state index is 12.2. The molecule has 3 aliphatic rings. The van der Waals surface area contributed by atoms with E-state index in [9.17, 15) is 9.59 Å². The molecule has 2 aliphatic heterocycles. The van der Waals surface area contributed by atoms with Gasteiger partial charge in [0.2, 0.25) is 5.91 Å². The molecule has 2 heterocycles. The van der Waals surface area contributed by atoms with Gasteiger partial charge >= 0.3 is 5.97 Å². The second-order valence-corrected chi connectivity index (χ2v) is 9.11. The van der Waals surface area contributed by atoms with Crippen molar-refractivity contribution in [2.75, 3.05) is 26.2 Å². The van der Waals surface area contributed by atoms with Gasteiger partial charge in [-0.05, 0) is 69.7 Å². The van der Waals surface area contributed by atoms with Crippen molar-refractivity contribution in [3.8, 4) is 0 Å². The van der Waals surface area contributed by atoms with Crippen molar-refractivity contribution in [2.24, 2.45) is 5.92 Å². The monoisotopic (exact) mass is 398 g/mol. The molecule has 1 spiro atoms. The van der Waals surface area contributed by atoms with Crippen molar-refractivity contribution in [2.45, 2.75) is 70.4 Å². The Kier molecular flexibility index (Phi) is 5.95. The molecule has 1 saturated carbocycles. The quantitative estimate of drug-likeness (QED) is 0.731. The zero-order valence-corrected chi connectivity index (χ0v) is 17.9. The van der Waals surface area contributed by atoms with Crippen LogP contribution in [0.15, 0.2) is 24.3 Å². The average molecular weight is 399 g/mol. The molecule has 5 heteroatoms. The number of likely N-dealkylation sites (tertiary alicyclic amines) is 1. The number of nitrogens with zero attached hydrogens (tertiary/aromatic N) is 2. The lowest BCUT2D eigenvalue weighted by atomic mass is 9.68. The van der Waals surface area contributed by atoms with Crippen LogP contribution in [0, 0.1) is 5.92 Å². The summed E-state index contributed by atoms with van der Waals surface area (Å²) in [4.78, 5) is 28.8. The zero-order chi connectivity index (χ0) is 20.4. The predicted octanol–water partition coefficient (Wildman–Crippen LogP) is 3.50. The van der Waals surface area contributed by atoms with Crippen LogP contribution in [0.25, 0.3) is 0 Å². The minimum Gasteiger partial charge on any atom is -0.466 e. The fourth-order valence-corrected chi connectivity index (χ4v) is 5.79. The van der Waals surface area contributed by atoms with Crippen molar-refractivity contribution in [1.29, 1.82) is 0 Å². The SMILES string of the molecule is CCOC(=O)C1CCC(N2CCC3(CC2)CN(C(C)=O)Cc2ccccc23)CC1. The number of carbonyl (C=O) groups excluding carboxylic acids is 2. The van der Waals surface area contributed by atoms with Crippen LogP contribution in [0.3, 0.4) is 0 Å². The van der Waals surface area contributed by atoms with Crippen molar-refractivity contribution in [3.05, 3.63) is 35.4 Å². The van der Waals surface area contributed by atoms with E-state index in [0.29, 0.717) is 12.6 Å². The second kappa shape index (κ2) is 8.47. The van der Waals surface area contributed by atoms with E-state index in [2.05, 4.69) is 29.2 Å². The van der Waals surface area contributed by atoms with Crippen LogP contribution < -0.4 is 0 Å². The lowest BCUT2D eigenvalue weighted by molar-refractivity contribution is -0.149. The van der Waals surface area contributed by atoms with E-state index in [1.165, 1.54) is 11.1 Å². The highest BCUT2D eigenvalue weighted by atomic mass is 16.5. The van der Waals surface area contributed by atoms with E-state index < -0.39 is 0 Å². The van der Waals surface area contributed by atoms with Crippen molar-refractivity contribution in [3.63, 3.8) is 0 Å². The van der Waals surface area contributed by atoms with Crippen LogP contribution in [0.2, 0.25) is 0 Å². The lowest BCUT2D eigenvalue weighted by Gasteiger charge is -2.50. The van der Waals surface area contributed by atoms with Gasteiger partial charge in [0.1, 0.15) is 0 Å². The highest BCUT2D eigenvalue weighted by Crippen LogP contribution is 2.43. The molecule has 1 aromatic carbocycles. The number of fused-ring (bicyclic) bond motifs is 2. The molecule has 1 amide bonds. The molecule has 0 unspecified atom stereocenters. The molecule has 2 fully saturated rings. The number of piperidine rings is 1. The smallest absolute Gasteiger partial charge is 0.308 e. The van der Waals surface area contributed by atoms with E-state index >= 15 is 0 Å². The number of rotatable bonds is 3. The van der Waals surface area contributed by atoms with E-state index in [4.69, 9.17) is 4.74 Å². The molecule has 1 aliphatic carbocycles. The maximum atomic E-state index is 12.2. The summed E-state index contributed by atoms with van der Waals surface area (Å²) in [5, 5.41) is 0. The number of amides is 1. The third kappa shape index (κ3) is 4.07. The maximum Gasteiger partial charge on any atom is 0.308 e. The van der Waals surface area contributed by atoms with Crippen LogP contribution in [0.4, 0.5) is 0 Å². The number of benzene rings is 1. The van der Waals surface area contributed by atoms with Crippen LogP contribution in [-0.2, 0) is 26.3 Å². The fraction of sp³-hybridized carbons (Fsp3) is 0.667. The van der Waals surface area contributed by atoms with Gasteiger partial charge in [0.15, 0.2) is 0 Å². The van der Waals surface area contributed by atoms with Crippen molar-refractivity contribution < 1.29 is 14.3 Å². The van der Waals surface area contributed by atoms with Gasteiger partial charge in [-0.3, -0.25) is 9.59 Å². The Hall–Kier alpha value is -1.88. The second-order valence-electron chi connectivity index (χ2n) is 9.11. The number of esters is 1. The first-order valence-electron chi connectivity index (χ1n) is 11.3. The Morgan fingerprint density at radius 3 is 2.45 bits per heavy atom. The summed E-state index contributed by atoms with van der Waals surface area (Å²) in [6.07, 6.45) is 6.29. The highest BCUT2D eigenvalue weighted by Gasteiger charge is 2.43. The molecule has 0 aromatic heterocycles. The lowest BCUT2D eigenvalue weighted by Crippen LogP contribution is -2.54. The van der Waals surface area contributed by atoms with Crippen LogP contribution in [0.5, 0.6) is 0 Å². The Morgan fingerprint density at radius 1 is 1.10 bits per heavy atom. The third-order valence-electron chi connectivity index (χ3n) is 7.48. The fourth-order valence-electron chi connectivity index (χ4n) is 5.79. The van der Waals surface area contributed by atoms with Crippen molar-refractivity contribution in [1.82, 2.24) is 9.80 Å². The summed E-state index contributed by atoms with van der Waals surface area (Å²) in [6, 6.07) is 9.29. The summed E-state index contributed by atoms with van der Waals surface area (Å²) in [5.41, 5.74) is 2.87. The topological polar surface area (TPSA) is 49.9 Å². The molecule has 29 heavy (non-hydrogen) atoms. The van der Waals surface area contributed by atoms with Gasteiger partial charge in [0.25, 0.3) is 0 Å². The van der Waals surface area contributed by atoms with Crippen molar-refractivity contribution >= 4 is 11.9 Å². The molecular weight excluding hydrogens is 364 g/mol. The third-order valence-corrected chi connectivity index (χ3v) is 7.48. The van der Waals surface area contributed by atoms with Gasteiger partial charge in [-0.25, -0.2) is 0 Å². The number of ether oxygens (including phenoxy) is 1. The predicted molar refractivity (Wildman–Crippen MR) is 112 cm³/mol. The Balaban J connectivity index is 1.40. The molecule has 0 atom stereocenters. The first kappa shape index (κ1) is 20.4. The average Bonchev–Trinajstić information content (AvgIpc) is 2.74. The number of hydrogen-bond acceptors (Lipinski definition) is 4. The first-order chi connectivity index (χ1) is 14.0. The molecular formula is C24H34N2O3. The summed E-state index contributed by atoms with van der Waals surface area (Å²) in [6.45, 7) is 7.80. The van der Waals surface area contributed by atoms with Gasteiger partial charge in [-0.2, -0.15) is 0 Å². The van der Waals surface area contributed by atoms with Gasteiger partial charge in [-0.1, -0.05) is 24.3 Å². The van der Waals surface area contributed by atoms with Gasteiger partial charge in [0.05, 0.1) is 12.5 Å². The minimum atomic E-state index is -0.00770. The molecule has 0 N–H and O–H groups in total. The Morgan fingerprint density at radius 2 is 1.79 bits per heavy atom. The molecule has 1 saturated heterocycles. The minimum absolute atomic E-state index is 0.00770. The standard InChI is InChI=1S/C24H34N2O3/c1-3-29-23(28)19-8-10-21(11-9-19)25-14-12-24(13-15-25)17-26(18(2)27)16-20-6-4-5-7-22(20)24/h4-7,19,21H,3,8-17H2,1-2H3. The summed E-state index contributed by atoms with van der Waals surface area (Å²) >= 11 is 0. The van der Waals surface area contributed by atoms with E-state index in [1.54, 1.807) is 6.92 Å². The van der Waals surface area contributed by atoms with Gasteiger partial charge in [-0.15, -0.1) is 0 Å². The van der Waals surface area contributed by atoms with Crippen LogP contribution in [0.1, 0.15) is 63.5 Å². The summed E-state index contributed by atoms with van der Waals surface area (Å²) in [5.74, 6) is 0.266. The molecule has 5 nitrogen and oxygen atoms in total. The highest BCUT2D eigenvalue weighted by molar-refractivity contribution is 5.74. The summed E-state index contributed by atoms with van der Waals surface area (Å²) < 4.78 is 5.22. The van der Waals surface area contributed by atoms with Crippen LogP contribution in [-0.4, -0.2) is 54.0 Å². The number of carbonyl (C=O) groups is 2. The number of hydrogen-bond donors (Lipinski definition) is 0. The molecule has 0 radical (unpaired) electrons. The molecule has 0 bridgehead atoms. The van der Waals surface area contributed by atoms with Crippen LogP contribution >= 0.6 is 0 Å². The molecule has 158 valence electrons. The van der Waals surface area contributed by atoms with Gasteiger partial charge in [0, 0.05) is 31.5 Å². The normalized spacial score (nSPS) is 26.8. The first-order valence-corrected chi connectivity index (χ1v) is 11.3. The Labute approximate surface area is 174 Å². The Bertz CT molecular complexity index is 746. The zero-order valence-electron chi connectivity index (χ0n) is 17.9. The van der Waals surface area contributed by atoms with Gasteiger partial charge < -0.3 is 14.5 Å². The van der Waals surface area contributed by atoms with E-state index in [-0.39, 0.29) is 23.2 Å². The van der Waals surface area contributed by atoms with E-state index in [0.717, 1.165) is 64.7 Å². The largest absolute Gasteiger partial charge is 0.466 e.